The number of hydrogen-bond acceptors (Lipinski definition) is 4. The van der Waals surface area contributed by atoms with Crippen molar-refractivity contribution in [3.63, 3.8) is 0 Å². The van der Waals surface area contributed by atoms with E-state index in [1.807, 2.05) is 54.6 Å². The molecule has 146 valence electrons. The first-order valence-corrected chi connectivity index (χ1v) is 10.2. The summed E-state index contributed by atoms with van der Waals surface area (Å²) in [4.78, 5) is 12.2. The first-order valence-electron chi connectivity index (χ1n) is 10.2. The Morgan fingerprint density at radius 2 is 1.71 bits per heavy atom. The lowest BCUT2D eigenvalue weighted by atomic mass is 10.0. The van der Waals surface area contributed by atoms with Crippen molar-refractivity contribution in [3.8, 4) is 17.3 Å². The molecule has 0 aliphatic carbocycles. The number of para-hydroxylation sites is 1. The molecule has 28 heavy (non-hydrogen) atoms. The molecule has 4 nitrogen and oxygen atoms in total. The Balaban J connectivity index is 1.69. The second-order valence-electron chi connectivity index (χ2n) is 8.60. The van der Waals surface area contributed by atoms with E-state index in [-0.39, 0.29) is 11.6 Å². The maximum atomic E-state index is 6.52. The molecular formula is C24H29N3O. The fourth-order valence-electron chi connectivity index (χ4n) is 4.18. The van der Waals surface area contributed by atoms with E-state index in [4.69, 9.17) is 14.7 Å². The summed E-state index contributed by atoms with van der Waals surface area (Å²) in [5.41, 5.74) is 2.07. The van der Waals surface area contributed by atoms with Crippen LogP contribution in [0.3, 0.4) is 0 Å². The van der Waals surface area contributed by atoms with Crippen molar-refractivity contribution in [3.05, 3.63) is 54.6 Å². The molecule has 2 aromatic carbocycles. The van der Waals surface area contributed by atoms with Gasteiger partial charge in [0, 0.05) is 30.1 Å². The van der Waals surface area contributed by atoms with E-state index in [1.54, 1.807) is 0 Å². The molecule has 0 amide bonds. The van der Waals surface area contributed by atoms with Gasteiger partial charge in [-0.15, -0.1) is 0 Å². The van der Waals surface area contributed by atoms with Crippen LogP contribution >= 0.6 is 0 Å². The lowest BCUT2D eigenvalue weighted by Crippen LogP contribution is -2.44. The summed E-state index contributed by atoms with van der Waals surface area (Å²) in [5.74, 6) is 1.41. The highest BCUT2D eigenvalue weighted by atomic mass is 16.5. The second kappa shape index (κ2) is 7.51. The smallest absolute Gasteiger partial charge is 0.225 e. The van der Waals surface area contributed by atoms with Crippen molar-refractivity contribution in [2.75, 3.05) is 6.54 Å². The van der Waals surface area contributed by atoms with E-state index >= 15 is 0 Å². The third-order valence-electron chi connectivity index (χ3n) is 5.59. The molecule has 0 saturated carbocycles. The summed E-state index contributed by atoms with van der Waals surface area (Å²) in [6.45, 7) is 10.0. The molecule has 0 bridgehead atoms. The molecule has 2 heterocycles. The van der Waals surface area contributed by atoms with Crippen LogP contribution in [0.25, 0.3) is 22.3 Å². The highest BCUT2D eigenvalue weighted by molar-refractivity contribution is 5.85. The minimum atomic E-state index is 0.141. The molecule has 1 aliphatic rings. The Morgan fingerprint density at radius 3 is 2.39 bits per heavy atom. The van der Waals surface area contributed by atoms with Crippen LogP contribution < -0.4 is 4.74 Å². The van der Waals surface area contributed by atoms with E-state index in [0.717, 1.165) is 35.9 Å². The number of hydrogen-bond donors (Lipinski definition) is 0. The molecule has 4 heteroatoms. The van der Waals surface area contributed by atoms with E-state index < -0.39 is 0 Å². The van der Waals surface area contributed by atoms with Gasteiger partial charge in [-0.3, -0.25) is 4.90 Å². The van der Waals surface area contributed by atoms with Gasteiger partial charge >= 0.3 is 0 Å². The van der Waals surface area contributed by atoms with Gasteiger partial charge in [0.1, 0.15) is 6.10 Å². The van der Waals surface area contributed by atoms with Crippen molar-refractivity contribution in [2.24, 2.45) is 0 Å². The summed E-state index contributed by atoms with van der Waals surface area (Å²) in [7, 11) is 0. The number of nitrogens with zero attached hydrogens (tertiary/aromatic N) is 3. The van der Waals surface area contributed by atoms with Gasteiger partial charge in [-0.2, -0.15) is 4.98 Å². The van der Waals surface area contributed by atoms with Crippen LogP contribution in [0.5, 0.6) is 5.88 Å². The fourth-order valence-corrected chi connectivity index (χ4v) is 4.18. The molecular weight excluding hydrogens is 346 g/mol. The molecule has 1 saturated heterocycles. The van der Waals surface area contributed by atoms with Crippen LogP contribution in [0.2, 0.25) is 0 Å². The molecule has 3 aromatic rings. The zero-order valence-electron chi connectivity index (χ0n) is 17.2. The topological polar surface area (TPSA) is 38.3 Å². The van der Waals surface area contributed by atoms with Gasteiger partial charge in [0.2, 0.25) is 5.88 Å². The summed E-state index contributed by atoms with van der Waals surface area (Å²) in [6, 6.07) is 18.8. The number of fused-ring (bicyclic) bond motifs is 1. The standard InChI is InChI=1S/C24H29N3O/c1-5-18-15-19(16-27(18)24(2,3)4)28-23-20-13-9-10-14-21(20)25-22(26-23)17-11-7-6-8-12-17/h6-14,18-19H,5,15-16H2,1-4H3. The van der Waals surface area contributed by atoms with Gasteiger partial charge < -0.3 is 4.74 Å². The third-order valence-corrected chi connectivity index (χ3v) is 5.59. The number of likely N-dealkylation sites (tertiary alicyclic amines) is 1. The van der Waals surface area contributed by atoms with Gasteiger partial charge in [0.05, 0.1) is 10.9 Å². The van der Waals surface area contributed by atoms with Crippen molar-refractivity contribution >= 4 is 10.9 Å². The Labute approximate surface area is 167 Å². The molecule has 0 N–H and O–H groups in total. The Bertz CT molecular complexity index is 949. The molecule has 2 unspecified atom stereocenters. The van der Waals surface area contributed by atoms with Crippen molar-refractivity contribution in [1.29, 1.82) is 0 Å². The molecule has 1 fully saturated rings. The zero-order chi connectivity index (χ0) is 19.7. The summed E-state index contributed by atoms with van der Waals surface area (Å²) in [6.07, 6.45) is 2.31. The average Bonchev–Trinajstić information content (AvgIpc) is 3.12. The highest BCUT2D eigenvalue weighted by Gasteiger charge is 2.38. The van der Waals surface area contributed by atoms with Crippen LogP contribution in [-0.2, 0) is 0 Å². The quantitative estimate of drug-likeness (QED) is 0.618. The molecule has 4 rings (SSSR count). The lowest BCUT2D eigenvalue weighted by Gasteiger charge is -2.36. The molecule has 0 radical (unpaired) electrons. The van der Waals surface area contributed by atoms with E-state index in [1.165, 1.54) is 0 Å². The molecule has 1 aromatic heterocycles. The molecule has 0 spiro atoms. The first kappa shape index (κ1) is 18.9. The second-order valence-corrected chi connectivity index (χ2v) is 8.60. The monoisotopic (exact) mass is 375 g/mol. The maximum absolute atomic E-state index is 6.52. The summed E-state index contributed by atoms with van der Waals surface area (Å²) in [5, 5.41) is 0.976. The average molecular weight is 376 g/mol. The number of ether oxygens (including phenoxy) is 1. The number of aromatic nitrogens is 2. The molecule has 1 aliphatic heterocycles. The van der Waals surface area contributed by atoms with Crippen molar-refractivity contribution in [2.45, 2.75) is 58.2 Å². The Kier molecular flexibility index (Phi) is 5.07. The molecule has 2 atom stereocenters. The Hall–Kier alpha value is -2.46. The van der Waals surface area contributed by atoms with Crippen LogP contribution in [0.15, 0.2) is 54.6 Å². The lowest BCUT2D eigenvalue weighted by molar-refractivity contribution is 0.106. The van der Waals surface area contributed by atoms with Crippen molar-refractivity contribution < 1.29 is 4.74 Å². The van der Waals surface area contributed by atoms with E-state index in [0.29, 0.717) is 17.7 Å². The van der Waals surface area contributed by atoms with Gasteiger partial charge in [0.25, 0.3) is 0 Å². The summed E-state index contributed by atoms with van der Waals surface area (Å²) >= 11 is 0. The minimum absolute atomic E-state index is 0.141. The third kappa shape index (κ3) is 3.74. The van der Waals surface area contributed by atoms with Crippen molar-refractivity contribution in [1.82, 2.24) is 14.9 Å². The number of benzene rings is 2. The van der Waals surface area contributed by atoms with Crippen LogP contribution in [0, 0.1) is 0 Å². The van der Waals surface area contributed by atoms with Crippen LogP contribution in [0.4, 0.5) is 0 Å². The SMILES string of the molecule is CCC1CC(Oc2nc(-c3ccccc3)nc3ccccc23)CN1C(C)(C)C. The van der Waals surface area contributed by atoms with Gasteiger partial charge in [-0.05, 0) is 39.3 Å². The van der Waals surface area contributed by atoms with E-state index in [9.17, 15) is 0 Å². The number of rotatable bonds is 4. The predicted octanol–water partition coefficient (Wildman–Crippen LogP) is 5.33. The maximum Gasteiger partial charge on any atom is 0.225 e. The van der Waals surface area contributed by atoms with Gasteiger partial charge in [-0.1, -0.05) is 49.4 Å². The largest absolute Gasteiger partial charge is 0.472 e. The highest BCUT2D eigenvalue weighted by Crippen LogP contribution is 2.33. The summed E-state index contributed by atoms with van der Waals surface area (Å²) < 4.78 is 6.52. The first-order chi connectivity index (χ1) is 13.5. The minimum Gasteiger partial charge on any atom is -0.472 e. The zero-order valence-corrected chi connectivity index (χ0v) is 17.2. The van der Waals surface area contributed by atoms with Gasteiger partial charge in [0.15, 0.2) is 5.82 Å². The van der Waals surface area contributed by atoms with E-state index in [2.05, 4.69) is 32.6 Å². The fraction of sp³-hybridized carbons (Fsp3) is 0.417. The van der Waals surface area contributed by atoms with Gasteiger partial charge in [-0.25, -0.2) is 4.98 Å². The normalized spacial score (nSPS) is 20.6. The van der Waals surface area contributed by atoms with Crippen LogP contribution in [-0.4, -0.2) is 39.1 Å². The Morgan fingerprint density at radius 1 is 1.00 bits per heavy atom. The van der Waals surface area contributed by atoms with Crippen LogP contribution in [0.1, 0.15) is 40.5 Å². The predicted molar refractivity (Wildman–Crippen MR) is 115 cm³/mol.